The van der Waals surface area contributed by atoms with Crippen LogP contribution in [0.1, 0.15) is 22.3 Å². The first-order valence-electron chi connectivity index (χ1n) is 17.7. The summed E-state index contributed by atoms with van der Waals surface area (Å²) in [6, 6.07) is 20.3. The molecule has 6 rings (SSSR count). The van der Waals surface area contributed by atoms with Crippen molar-refractivity contribution in [2.24, 2.45) is 23.7 Å². The Bertz CT molecular complexity index is 1970. The highest BCUT2D eigenvalue weighted by atomic mass is 16.5. The van der Waals surface area contributed by atoms with Crippen molar-refractivity contribution in [2.75, 3.05) is 55.9 Å². The molecule has 4 atom stereocenters. The summed E-state index contributed by atoms with van der Waals surface area (Å²) in [5.41, 5.74) is 3.58. The average Bonchev–Trinajstić information content (AvgIpc) is 3.71. The van der Waals surface area contributed by atoms with Crippen molar-refractivity contribution >= 4 is 11.9 Å². The summed E-state index contributed by atoms with van der Waals surface area (Å²) in [6.45, 7) is 0.610. The van der Waals surface area contributed by atoms with Crippen LogP contribution in [0.3, 0.4) is 0 Å². The molecule has 2 heterocycles. The molecule has 0 aliphatic carbocycles. The van der Waals surface area contributed by atoms with Crippen LogP contribution >= 0.6 is 0 Å². The molecule has 0 unspecified atom stereocenters. The van der Waals surface area contributed by atoms with E-state index in [1.807, 2.05) is 48.5 Å². The van der Waals surface area contributed by atoms with Crippen LogP contribution in [-0.4, -0.2) is 72.9 Å². The van der Waals surface area contributed by atoms with E-state index in [1.165, 1.54) is 14.2 Å². The molecule has 4 aromatic rings. The van der Waals surface area contributed by atoms with E-state index >= 15 is 0 Å². The number of benzene rings is 4. The van der Waals surface area contributed by atoms with Gasteiger partial charge in [-0.1, -0.05) is 18.2 Å². The van der Waals surface area contributed by atoms with E-state index in [9.17, 15) is 14.7 Å². The maximum Gasteiger partial charge on any atom is 0.309 e. The molecule has 1 N–H and O–H groups in total. The van der Waals surface area contributed by atoms with Crippen molar-refractivity contribution in [1.29, 1.82) is 0 Å². The van der Waals surface area contributed by atoms with Crippen LogP contribution in [0, 0.1) is 23.7 Å². The Balaban J connectivity index is 1.18. The first-order valence-corrected chi connectivity index (χ1v) is 17.7. The number of ether oxygens (including phenoxy) is 9. The van der Waals surface area contributed by atoms with Crippen molar-refractivity contribution in [3.05, 3.63) is 89.0 Å². The van der Waals surface area contributed by atoms with Crippen LogP contribution in [0.5, 0.6) is 51.7 Å². The second kappa shape index (κ2) is 16.9. The molecule has 0 amide bonds. The monoisotopic (exact) mass is 742 g/mol. The van der Waals surface area contributed by atoms with Gasteiger partial charge in [-0.15, -0.1) is 0 Å². The van der Waals surface area contributed by atoms with E-state index in [2.05, 4.69) is 0 Å². The summed E-state index contributed by atoms with van der Waals surface area (Å²) >= 11 is 0. The van der Waals surface area contributed by atoms with Crippen LogP contribution < -0.4 is 33.2 Å². The largest absolute Gasteiger partial charge is 0.502 e. The van der Waals surface area contributed by atoms with E-state index in [0.29, 0.717) is 66.8 Å². The number of cyclic esters (lactones) is 2. The Morgan fingerprint density at radius 3 is 1.31 bits per heavy atom. The number of aromatic hydroxyl groups is 1. The number of phenolic OH excluding ortho intramolecular Hbond substituents is 1. The van der Waals surface area contributed by atoms with Gasteiger partial charge in [-0.05, 0) is 96.5 Å². The Morgan fingerprint density at radius 2 is 0.852 bits per heavy atom. The van der Waals surface area contributed by atoms with Crippen molar-refractivity contribution in [3.8, 4) is 51.7 Å². The molecule has 2 fully saturated rings. The third-order valence-electron chi connectivity index (χ3n) is 10.2. The lowest BCUT2D eigenvalue weighted by atomic mass is 9.85. The van der Waals surface area contributed by atoms with E-state index in [4.69, 9.17) is 42.6 Å². The first kappa shape index (κ1) is 38.0. The minimum absolute atomic E-state index is 0.0412. The van der Waals surface area contributed by atoms with Gasteiger partial charge in [-0.25, -0.2) is 0 Å². The molecule has 12 heteroatoms. The lowest BCUT2D eigenvalue weighted by molar-refractivity contribution is -0.142. The van der Waals surface area contributed by atoms with Crippen molar-refractivity contribution < 1.29 is 57.3 Å². The Morgan fingerprint density at radius 1 is 0.481 bits per heavy atom. The third-order valence-corrected chi connectivity index (χ3v) is 10.2. The summed E-state index contributed by atoms with van der Waals surface area (Å²) in [6.07, 6.45) is 1.99. The number of esters is 2. The minimum atomic E-state index is -0.438. The fraction of sp³-hybridized carbons (Fsp3) is 0.381. The molecule has 4 aromatic carbocycles. The fourth-order valence-electron chi connectivity index (χ4n) is 7.27. The molecule has 0 radical (unpaired) electrons. The number of carbonyl (C=O) groups excluding carboxylic acids is 2. The van der Waals surface area contributed by atoms with Crippen LogP contribution in [0.25, 0.3) is 0 Å². The lowest BCUT2D eigenvalue weighted by Crippen LogP contribution is -2.21. The summed E-state index contributed by atoms with van der Waals surface area (Å²) < 4.78 is 50.2. The Labute approximate surface area is 314 Å². The van der Waals surface area contributed by atoms with Crippen LogP contribution in [0.2, 0.25) is 0 Å². The maximum absolute atomic E-state index is 13.0. The smallest absolute Gasteiger partial charge is 0.309 e. The quantitative estimate of drug-likeness (QED) is 0.128. The molecule has 0 saturated carbocycles. The molecule has 0 spiro atoms. The third kappa shape index (κ3) is 8.22. The van der Waals surface area contributed by atoms with Gasteiger partial charge in [0.25, 0.3) is 0 Å². The zero-order valence-corrected chi connectivity index (χ0v) is 31.3. The van der Waals surface area contributed by atoms with Gasteiger partial charge in [0.2, 0.25) is 5.75 Å². The number of phenols is 1. The van der Waals surface area contributed by atoms with E-state index in [1.54, 1.807) is 46.6 Å². The maximum atomic E-state index is 13.0. The van der Waals surface area contributed by atoms with Crippen molar-refractivity contribution in [3.63, 3.8) is 0 Å². The Hall–Kier alpha value is -5.78. The minimum Gasteiger partial charge on any atom is -0.502 e. The molecular formula is C42H46O12. The highest BCUT2D eigenvalue weighted by molar-refractivity contribution is 5.76. The van der Waals surface area contributed by atoms with Gasteiger partial charge in [-0.2, -0.15) is 0 Å². The molecule has 2 aliphatic heterocycles. The van der Waals surface area contributed by atoms with E-state index in [0.717, 1.165) is 22.3 Å². The second-order valence-electron chi connectivity index (χ2n) is 13.4. The first-order chi connectivity index (χ1) is 26.2. The molecule has 0 aromatic heterocycles. The normalized spacial score (nSPS) is 19.1. The molecule has 12 nitrogen and oxygen atoms in total. The molecule has 2 saturated heterocycles. The van der Waals surface area contributed by atoms with E-state index < -0.39 is 5.92 Å². The van der Waals surface area contributed by atoms with Crippen LogP contribution in [-0.2, 0) is 44.7 Å². The SMILES string of the molecule is COc1ccc(C[C@H]2COC(=O)[C@@H]2Cc2ccc(Oc3cc(C[C@H]4C(=O)OC[C@@H]4Cc4ccc(OC)c(OC)c4)cc(OC)c3O)c(OC)c2)cc1OC. The van der Waals surface area contributed by atoms with Crippen molar-refractivity contribution in [1.82, 2.24) is 0 Å². The standard InChI is InChI=1S/C42H46O12/c1-46-32-10-7-24(17-35(32)48-3)13-28-22-52-41(44)30(28)15-26-9-12-34(37(19-26)50-5)54-39-21-27(20-38(51-6)40(39)43)16-31-29(23-53-42(31)45)14-25-8-11-33(47-2)36(18-25)49-4/h7-12,17-21,28-31,43H,13-16,22-23H2,1-6H3/t28-,29-,30+,31+/m0/s1. The fourth-order valence-corrected chi connectivity index (χ4v) is 7.27. The number of rotatable bonds is 16. The predicted octanol–water partition coefficient (Wildman–Crippen LogP) is 6.38. The molecule has 2 aliphatic rings. The highest BCUT2D eigenvalue weighted by Crippen LogP contribution is 2.44. The number of methoxy groups -OCH3 is 6. The molecule has 54 heavy (non-hydrogen) atoms. The topological polar surface area (TPSA) is 137 Å². The second-order valence-corrected chi connectivity index (χ2v) is 13.4. The highest BCUT2D eigenvalue weighted by Gasteiger charge is 2.38. The average molecular weight is 743 g/mol. The Kier molecular flexibility index (Phi) is 11.9. The number of hydrogen-bond donors (Lipinski definition) is 1. The van der Waals surface area contributed by atoms with Crippen molar-refractivity contribution in [2.45, 2.75) is 25.7 Å². The van der Waals surface area contributed by atoms with Gasteiger partial charge >= 0.3 is 11.9 Å². The number of hydrogen-bond acceptors (Lipinski definition) is 12. The van der Waals surface area contributed by atoms with Crippen LogP contribution in [0.15, 0.2) is 66.7 Å². The molecule has 286 valence electrons. The molecule has 0 bridgehead atoms. The summed E-state index contributed by atoms with van der Waals surface area (Å²) in [4.78, 5) is 25.9. The predicted molar refractivity (Wildman–Crippen MR) is 198 cm³/mol. The lowest BCUT2D eigenvalue weighted by Gasteiger charge is -2.19. The molecular weight excluding hydrogens is 696 g/mol. The van der Waals surface area contributed by atoms with Gasteiger partial charge in [0, 0.05) is 11.8 Å². The van der Waals surface area contributed by atoms with Gasteiger partial charge in [0.1, 0.15) is 0 Å². The van der Waals surface area contributed by atoms with Gasteiger partial charge in [0.15, 0.2) is 46.0 Å². The summed E-state index contributed by atoms with van der Waals surface area (Å²) in [7, 11) is 9.33. The van der Waals surface area contributed by atoms with Gasteiger partial charge < -0.3 is 47.7 Å². The zero-order valence-electron chi connectivity index (χ0n) is 31.3. The summed E-state index contributed by atoms with van der Waals surface area (Å²) in [5, 5.41) is 11.1. The number of carbonyl (C=O) groups is 2. The summed E-state index contributed by atoms with van der Waals surface area (Å²) in [5.74, 6) is 1.92. The van der Waals surface area contributed by atoms with Gasteiger partial charge in [0.05, 0.1) is 67.7 Å². The van der Waals surface area contributed by atoms with Gasteiger partial charge in [-0.3, -0.25) is 9.59 Å². The van der Waals surface area contributed by atoms with Crippen LogP contribution in [0.4, 0.5) is 0 Å². The van der Waals surface area contributed by atoms with E-state index in [-0.39, 0.29) is 53.5 Å². The zero-order chi connectivity index (χ0) is 38.4.